The first-order chi connectivity index (χ1) is 4.84. The van der Waals surface area contributed by atoms with E-state index in [9.17, 15) is 0 Å². The Hall–Kier alpha value is -0.0800. The maximum Gasteiger partial charge on any atom is 0.0504 e. The van der Waals surface area contributed by atoms with Gasteiger partial charge in [-0.3, -0.25) is 9.80 Å². The third kappa shape index (κ3) is 1.50. The number of nitrogens with zero attached hydrogens (tertiary/aromatic N) is 2. The maximum absolute atomic E-state index is 2.57. The lowest BCUT2D eigenvalue weighted by atomic mass is 10.4. The van der Waals surface area contributed by atoms with Crippen LogP contribution in [0, 0.1) is 5.92 Å². The zero-order chi connectivity index (χ0) is 6.97. The minimum absolute atomic E-state index is 1.06. The first kappa shape index (κ1) is 6.62. The van der Waals surface area contributed by atoms with Crippen LogP contribution in [0.5, 0.6) is 0 Å². The van der Waals surface area contributed by atoms with Crippen LogP contribution in [0.3, 0.4) is 0 Å². The zero-order valence-electron chi connectivity index (χ0n) is 6.71. The predicted molar refractivity (Wildman–Crippen MR) is 41.8 cm³/mol. The van der Waals surface area contributed by atoms with Crippen LogP contribution in [0.1, 0.15) is 12.8 Å². The summed E-state index contributed by atoms with van der Waals surface area (Å²) in [5.74, 6) is 1.06. The van der Waals surface area contributed by atoms with Crippen molar-refractivity contribution in [2.75, 3.05) is 33.4 Å². The molecule has 1 aliphatic heterocycles. The summed E-state index contributed by atoms with van der Waals surface area (Å²) in [6.45, 7) is 5.14. The molecule has 2 nitrogen and oxygen atoms in total. The van der Waals surface area contributed by atoms with Gasteiger partial charge in [0.05, 0.1) is 6.67 Å². The summed E-state index contributed by atoms with van der Waals surface area (Å²) in [5.41, 5.74) is 0. The molecule has 1 aliphatic carbocycles. The number of hydrogen-bond acceptors (Lipinski definition) is 2. The molecule has 0 atom stereocenters. The summed E-state index contributed by atoms with van der Waals surface area (Å²) in [5, 5.41) is 0. The lowest BCUT2D eigenvalue weighted by Crippen LogP contribution is -2.25. The average Bonchev–Trinajstić information content (AvgIpc) is 2.59. The minimum atomic E-state index is 1.06. The normalized spacial score (nSPS) is 29.7. The highest BCUT2D eigenvalue weighted by Crippen LogP contribution is 2.30. The standard InChI is InChI=1S/C8H16N2/c1-9-4-5-10(7-9)6-8-2-3-8/h8H,2-7H2,1H3. The average molecular weight is 140 g/mol. The molecule has 2 fully saturated rings. The van der Waals surface area contributed by atoms with Gasteiger partial charge in [-0.2, -0.15) is 0 Å². The van der Waals surface area contributed by atoms with Crippen LogP contribution in [0.25, 0.3) is 0 Å². The van der Waals surface area contributed by atoms with E-state index in [1.54, 1.807) is 0 Å². The van der Waals surface area contributed by atoms with Crippen molar-refractivity contribution in [2.24, 2.45) is 5.92 Å². The molecule has 2 aliphatic rings. The number of rotatable bonds is 2. The van der Waals surface area contributed by atoms with Gasteiger partial charge >= 0.3 is 0 Å². The van der Waals surface area contributed by atoms with Crippen molar-refractivity contribution in [2.45, 2.75) is 12.8 Å². The third-order valence-electron chi connectivity index (χ3n) is 2.45. The van der Waals surface area contributed by atoms with Gasteiger partial charge < -0.3 is 0 Å². The summed E-state index contributed by atoms with van der Waals surface area (Å²) in [6, 6.07) is 0. The molecule has 0 aromatic heterocycles. The highest BCUT2D eigenvalue weighted by atomic mass is 15.4. The molecule has 1 saturated heterocycles. The van der Waals surface area contributed by atoms with Crippen LogP contribution in [0.15, 0.2) is 0 Å². The lowest BCUT2D eigenvalue weighted by Gasteiger charge is -2.13. The molecule has 0 aromatic rings. The van der Waals surface area contributed by atoms with Gasteiger partial charge in [0, 0.05) is 19.6 Å². The van der Waals surface area contributed by atoms with Gasteiger partial charge in [0.1, 0.15) is 0 Å². The highest BCUT2D eigenvalue weighted by molar-refractivity contribution is 4.79. The van der Waals surface area contributed by atoms with Crippen molar-refractivity contribution in [1.82, 2.24) is 9.80 Å². The molecule has 0 radical (unpaired) electrons. The van der Waals surface area contributed by atoms with E-state index in [0.29, 0.717) is 0 Å². The van der Waals surface area contributed by atoms with Crippen molar-refractivity contribution < 1.29 is 0 Å². The Kier molecular flexibility index (Phi) is 1.66. The largest absolute Gasteiger partial charge is 0.292 e. The topological polar surface area (TPSA) is 6.48 Å². The molecule has 0 unspecified atom stereocenters. The summed E-state index contributed by atoms with van der Waals surface area (Å²) >= 11 is 0. The van der Waals surface area contributed by atoms with Gasteiger partial charge in [0.15, 0.2) is 0 Å². The smallest absolute Gasteiger partial charge is 0.0504 e. The van der Waals surface area contributed by atoms with E-state index >= 15 is 0 Å². The van der Waals surface area contributed by atoms with Gasteiger partial charge in [-0.25, -0.2) is 0 Å². The Bertz CT molecular complexity index is 120. The van der Waals surface area contributed by atoms with Crippen LogP contribution >= 0.6 is 0 Å². The van der Waals surface area contributed by atoms with Crippen LogP contribution in [-0.4, -0.2) is 43.2 Å². The molecular weight excluding hydrogens is 124 g/mol. The molecule has 10 heavy (non-hydrogen) atoms. The molecule has 2 heteroatoms. The van der Waals surface area contributed by atoms with Crippen molar-refractivity contribution in [3.63, 3.8) is 0 Å². The molecule has 0 N–H and O–H groups in total. The predicted octanol–water partition coefficient (Wildman–Crippen LogP) is 0.601. The van der Waals surface area contributed by atoms with Gasteiger partial charge in [0.2, 0.25) is 0 Å². The molecule has 0 spiro atoms. The Morgan fingerprint density at radius 3 is 2.60 bits per heavy atom. The minimum Gasteiger partial charge on any atom is -0.292 e. The van der Waals surface area contributed by atoms with E-state index < -0.39 is 0 Å². The molecule has 2 rings (SSSR count). The SMILES string of the molecule is CN1CCN(CC2CC2)C1. The third-order valence-corrected chi connectivity index (χ3v) is 2.45. The van der Waals surface area contributed by atoms with Crippen molar-refractivity contribution in [3.05, 3.63) is 0 Å². The fraction of sp³-hybridized carbons (Fsp3) is 1.00. The molecule has 0 aromatic carbocycles. The fourth-order valence-corrected chi connectivity index (χ4v) is 1.61. The van der Waals surface area contributed by atoms with Crippen molar-refractivity contribution in [3.8, 4) is 0 Å². The van der Waals surface area contributed by atoms with E-state index in [4.69, 9.17) is 0 Å². The van der Waals surface area contributed by atoms with E-state index in [2.05, 4.69) is 16.8 Å². The fourth-order valence-electron chi connectivity index (χ4n) is 1.61. The highest BCUT2D eigenvalue weighted by Gasteiger charge is 2.26. The Morgan fingerprint density at radius 1 is 1.30 bits per heavy atom. The van der Waals surface area contributed by atoms with Gasteiger partial charge in [0.25, 0.3) is 0 Å². The second kappa shape index (κ2) is 2.51. The lowest BCUT2D eigenvalue weighted by molar-refractivity contribution is 0.266. The maximum atomic E-state index is 2.57. The summed E-state index contributed by atoms with van der Waals surface area (Å²) in [6.07, 6.45) is 2.97. The molecule has 0 bridgehead atoms. The monoisotopic (exact) mass is 140 g/mol. The second-order valence-corrected chi connectivity index (χ2v) is 3.74. The molecule has 0 amide bonds. The van der Waals surface area contributed by atoms with E-state index in [-0.39, 0.29) is 0 Å². The van der Waals surface area contributed by atoms with Gasteiger partial charge in [-0.05, 0) is 25.8 Å². The van der Waals surface area contributed by atoms with Gasteiger partial charge in [-0.1, -0.05) is 0 Å². The number of likely N-dealkylation sites (N-methyl/N-ethyl adjacent to an activating group) is 1. The summed E-state index contributed by atoms with van der Waals surface area (Å²) in [4.78, 5) is 4.96. The van der Waals surface area contributed by atoms with E-state index in [1.165, 1.54) is 39.1 Å². The van der Waals surface area contributed by atoms with Crippen LogP contribution in [0.4, 0.5) is 0 Å². The van der Waals surface area contributed by atoms with Crippen molar-refractivity contribution >= 4 is 0 Å². The van der Waals surface area contributed by atoms with E-state index in [0.717, 1.165) is 5.92 Å². The van der Waals surface area contributed by atoms with Crippen LogP contribution in [0.2, 0.25) is 0 Å². The van der Waals surface area contributed by atoms with Crippen LogP contribution in [-0.2, 0) is 0 Å². The molecule has 58 valence electrons. The summed E-state index contributed by atoms with van der Waals surface area (Å²) < 4.78 is 0. The second-order valence-electron chi connectivity index (χ2n) is 3.74. The number of hydrogen-bond donors (Lipinski definition) is 0. The van der Waals surface area contributed by atoms with Gasteiger partial charge in [-0.15, -0.1) is 0 Å². The first-order valence-electron chi connectivity index (χ1n) is 4.25. The molecule has 1 heterocycles. The van der Waals surface area contributed by atoms with E-state index in [1.807, 2.05) is 0 Å². The molecule has 1 saturated carbocycles. The Balaban J connectivity index is 1.72. The summed E-state index contributed by atoms with van der Waals surface area (Å²) in [7, 11) is 2.20. The van der Waals surface area contributed by atoms with Crippen molar-refractivity contribution in [1.29, 1.82) is 0 Å². The quantitative estimate of drug-likeness (QED) is 0.554. The Morgan fingerprint density at radius 2 is 2.10 bits per heavy atom. The Labute approximate surface area is 62.8 Å². The van der Waals surface area contributed by atoms with Crippen LogP contribution < -0.4 is 0 Å². The first-order valence-corrected chi connectivity index (χ1v) is 4.25. The molecular formula is C8H16N2. The zero-order valence-corrected chi connectivity index (χ0v) is 6.71.